The molecule has 17 heavy (non-hydrogen) atoms. The number of benzene rings is 1. The molecule has 0 saturated carbocycles. The maximum Gasteiger partial charge on any atom is 0.354 e. The number of carboxylic acids is 1. The van der Waals surface area contributed by atoms with E-state index in [-0.39, 0.29) is 35.3 Å². The van der Waals surface area contributed by atoms with Gasteiger partial charge in [0.15, 0.2) is 5.69 Å². The Morgan fingerprint density at radius 1 is 1.12 bits per heavy atom. The first-order valence-electron chi connectivity index (χ1n) is 4.98. The van der Waals surface area contributed by atoms with Crippen molar-refractivity contribution in [2.45, 2.75) is 6.42 Å². The molecule has 0 bridgehead atoms. The van der Waals surface area contributed by atoms with Gasteiger partial charge in [-0.2, -0.15) is 0 Å². The molecule has 0 saturated heterocycles. The van der Waals surface area contributed by atoms with E-state index in [4.69, 9.17) is 5.11 Å². The Balaban J connectivity index is 0.00000144. The van der Waals surface area contributed by atoms with Gasteiger partial charge in [-0.15, -0.1) is 0 Å². The van der Waals surface area contributed by atoms with Gasteiger partial charge in [-0.3, -0.25) is 0 Å². The summed E-state index contributed by atoms with van der Waals surface area (Å²) in [4.78, 5) is 14.8. The van der Waals surface area contributed by atoms with Gasteiger partial charge in [-0.05, 0) is 23.6 Å². The minimum atomic E-state index is -0.980. The van der Waals surface area contributed by atoms with Gasteiger partial charge in [0.2, 0.25) is 0 Å². The Bertz CT molecular complexity index is 500. The second-order valence-electron chi connectivity index (χ2n) is 3.48. The van der Waals surface area contributed by atoms with Crippen LogP contribution in [0.1, 0.15) is 21.6 Å². The molecule has 0 aliphatic rings. The molecule has 0 spiro atoms. The molecule has 1 N–H and O–H groups in total. The molecule has 0 aliphatic heterocycles. The van der Waals surface area contributed by atoms with Gasteiger partial charge in [-0.25, -0.2) is 9.78 Å². The molecule has 2 rings (SSSR count). The Morgan fingerprint density at radius 2 is 1.82 bits per heavy atom. The van der Waals surface area contributed by atoms with Gasteiger partial charge < -0.3 is 5.11 Å². The molecule has 81 valence electrons. The summed E-state index contributed by atoms with van der Waals surface area (Å²) in [7, 11) is 0. The van der Waals surface area contributed by atoms with Gasteiger partial charge >= 0.3 is 5.97 Å². The van der Waals surface area contributed by atoms with Crippen molar-refractivity contribution in [1.29, 1.82) is 0 Å². The van der Waals surface area contributed by atoms with E-state index >= 15 is 0 Å². The average Bonchev–Trinajstić information content (AvgIpc) is 2.31. The molecule has 1 aromatic carbocycles. The molecule has 0 amide bonds. The largest absolute Gasteiger partial charge is 0.477 e. The number of nitrogens with zero attached hydrogens (tertiary/aromatic N) is 1. The van der Waals surface area contributed by atoms with Crippen LogP contribution in [-0.4, -0.2) is 45.6 Å². The third kappa shape index (κ3) is 3.66. The molecule has 0 aliphatic carbocycles. The van der Waals surface area contributed by atoms with Crippen molar-refractivity contribution in [2.75, 3.05) is 0 Å². The van der Waals surface area contributed by atoms with E-state index in [9.17, 15) is 4.79 Å². The normalized spacial score (nSPS) is 9.41. The van der Waals surface area contributed by atoms with Gasteiger partial charge in [0, 0.05) is 35.8 Å². The predicted molar refractivity (Wildman–Crippen MR) is 66.2 cm³/mol. The van der Waals surface area contributed by atoms with Crippen molar-refractivity contribution >= 4 is 35.5 Å². The maximum atomic E-state index is 10.9. The number of pyridine rings is 1. The summed E-state index contributed by atoms with van der Waals surface area (Å²) < 4.78 is 0. The SMILES string of the molecule is O=C(O)c1ncccc1Cc1ccccc1.[Na]. The van der Waals surface area contributed by atoms with Crippen LogP contribution in [0.25, 0.3) is 0 Å². The van der Waals surface area contributed by atoms with Crippen LogP contribution in [0, 0.1) is 0 Å². The smallest absolute Gasteiger partial charge is 0.354 e. The third-order valence-electron chi connectivity index (χ3n) is 2.33. The van der Waals surface area contributed by atoms with E-state index in [0.717, 1.165) is 11.1 Å². The van der Waals surface area contributed by atoms with E-state index < -0.39 is 5.97 Å². The Hall–Kier alpha value is -1.16. The van der Waals surface area contributed by atoms with Crippen molar-refractivity contribution in [1.82, 2.24) is 4.98 Å². The molecular weight excluding hydrogens is 225 g/mol. The fraction of sp³-hybridized carbons (Fsp3) is 0.0769. The number of hydrogen-bond donors (Lipinski definition) is 1. The van der Waals surface area contributed by atoms with Crippen molar-refractivity contribution in [3.63, 3.8) is 0 Å². The zero-order valence-electron chi connectivity index (χ0n) is 9.63. The van der Waals surface area contributed by atoms with Crippen LogP contribution in [0.2, 0.25) is 0 Å². The zero-order valence-corrected chi connectivity index (χ0v) is 11.6. The molecule has 4 heteroatoms. The fourth-order valence-electron chi connectivity index (χ4n) is 1.59. The monoisotopic (exact) mass is 236 g/mol. The fourth-order valence-corrected chi connectivity index (χ4v) is 1.59. The quantitative estimate of drug-likeness (QED) is 0.829. The number of aromatic carboxylic acids is 1. The molecule has 3 nitrogen and oxygen atoms in total. The van der Waals surface area contributed by atoms with E-state index in [0.29, 0.717) is 6.42 Å². The van der Waals surface area contributed by atoms with Crippen LogP contribution in [0.15, 0.2) is 48.7 Å². The zero-order chi connectivity index (χ0) is 11.4. The summed E-state index contributed by atoms with van der Waals surface area (Å²) >= 11 is 0. The van der Waals surface area contributed by atoms with Crippen molar-refractivity contribution < 1.29 is 9.90 Å². The Labute approximate surface area is 122 Å². The minimum Gasteiger partial charge on any atom is -0.477 e. The van der Waals surface area contributed by atoms with E-state index in [1.54, 1.807) is 12.1 Å². The van der Waals surface area contributed by atoms with Crippen LogP contribution in [0.3, 0.4) is 0 Å². The Morgan fingerprint density at radius 3 is 2.47 bits per heavy atom. The summed E-state index contributed by atoms with van der Waals surface area (Å²) in [5.74, 6) is -0.980. The van der Waals surface area contributed by atoms with Crippen molar-refractivity contribution in [3.8, 4) is 0 Å². The van der Waals surface area contributed by atoms with E-state index in [2.05, 4.69) is 4.98 Å². The number of carbonyl (C=O) groups is 1. The number of carboxylic acid groups (broad SMARTS) is 1. The second kappa shape index (κ2) is 6.55. The molecular formula is C13H11NNaO2. The molecule has 1 aromatic heterocycles. The van der Waals surface area contributed by atoms with Crippen LogP contribution in [-0.2, 0) is 6.42 Å². The molecule has 1 heterocycles. The summed E-state index contributed by atoms with van der Waals surface area (Å²) in [6, 6.07) is 13.3. The van der Waals surface area contributed by atoms with Crippen molar-refractivity contribution in [2.24, 2.45) is 0 Å². The number of aromatic nitrogens is 1. The van der Waals surface area contributed by atoms with Crippen LogP contribution in [0.5, 0.6) is 0 Å². The topological polar surface area (TPSA) is 50.2 Å². The summed E-state index contributed by atoms with van der Waals surface area (Å²) in [6.07, 6.45) is 2.09. The maximum absolute atomic E-state index is 10.9. The van der Waals surface area contributed by atoms with E-state index in [1.807, 2.05) is 30.3 Å². The van der Waals surface area contributed by atoms with Gasteiger partial charge in [0.05, 0.1) is 0 Å². The standard InChI is InChI=1S/C13H11NO2.Na/c15-13(16)12-11(7-4-8-14-12)9-10-5-2-1-3-6-10;/h1-8H,9H2,(H,15,16);. The molecule has 1 radical (unpaired) electrons. The number of rotatable bonds is 3. The van der Waals surface area contributed by atoms with Gasteiger partial charge in [0.25, 0.3) is 0 Å². The molecule has 2 aromatic rings. The van der Waals surface area contributed by atoms with Crippen LogP contribution in [0.4, 0.5) is 0 Å². The first kappa shape index (κ1) is 13.9. The predicted octanol–water partition coefficient (Wildman–Crippen LogP) is 1.99. The third-order valence-corrected chi connectivity index (χ3v) is 2.33. The summed E-state index contributed by atoms with van der Waals surface area (Å²) in [5, 5.41) is 8.98. The molecule has 0 unspecified atom stereocenters. The number of hydrogen-bond acceptors (Lipinski definition) is 2. The second-order valence-corrected chi connectivity index (χ2v) is 3.48. The van der Waals surface area contributed by atoms with Crippen LogP contribution >= 0.6 is 0 Å². The molecule has 0 atom stereocenters. The summed E-state index contributed by atoms with van der Waals surface area (Å²) in [5.41, 5.74) is 1.95. The Kier molecular flexibility index (Phi) is 5.35. The van der Waals surface area contributed by atoms with Crippen molar-refractivity contribution in [3.05, 3.63) is 65.5 Å². The first-order valence-corrected chi connectivity index (χ1v) is 4.98. The van der Waals surface area contributed by atoms with E-state index in [1.165, 1.54) is 6.20 Å². The minimum absolute atomic E-state index is 0. The van der Waals surface area contributed by atoms with Gasteiger partial charge in [0.1, 0.15) is 0 Å². The van der Waals surface area contributed by atoms with Gasteiger partial charge in [-0.1, -0.05) is 36.4 Å². The average molecular weight is 236 g/mol. The van der Waals surface area contributed by atoms with Crippen LogP contribution < -0.4 is 0 Å². The first-order chi connectivity index (χ1) is 7.77. The summed E-state index contributed by atoms with van der Waals surface area (Å²) in [6.45, 7) is 0. The molecule has 0 fully saturated rings.